The molecule has 5 heteroatoms. The summed E-state index contributed by atoms with van der Waals surface area (Å²) < 4.78 is 0. The number of primary amides is 1. The van der Waals surface area contributed by atoms with E-state index in [1.54, 1.807) is 24.3 Å². The maximum absolute atomic E-state index is 12.5. The smallest absolute Gasteiger partial charge is 0.253 e. The first-order valence-electron chi connectivity index (χ1n) is 7.04. The first-order chi connectivity index (χ1) is 9.61. The summed E-state index contributed by atoms with van der Waals surface area (Å²) in [5.41, 5.74) is 6.15. The fraction of sp³-hybridized carbons (Fsp3) is 0.467. The van der Waals surface area contributed by atoms with Crippen molar-refractivity contribution in [1.29, 1.82) is 0 Å². The van der Waals surface area contributed by atoms with Gasteiger partial charge >= 0.3 is 0 Å². The Hall–Kier alpha value is -1.88. The summed E-state index contributed by atoms with van der Waals surface area (Å²) in [6.07, 6.45) is 2.10. The lowest BCUT2D eigenvalue weighted by Gasteiger charge is -2.33. The van der Waals surface area contributed by atoms with Gasteiger partial charge in [-0.25, -0.2) is 0 Å². The molecule has 1 saturated heterocycles. The molecule has 20 heavy (non-hydrogen) atoms. The number of likely N-dealkylation sites (tertiary alicyclic amines) is 1. The highest BCUT2D eigenvalue weighted by Gasteiger charge is 2.24. The Morgan fingerprint density at radius 1 is 1.40 bits per heavy atom. The van der Waals surface area contributed by atoms with Crippen molar-refractivity contribution in [3.05, 3.63) is 35.4 Å². The third-order valence-corrected chi connectivity index (χ3v) is 3.60. The van der Waals surface area contributed by atoms with Crippen LogP contribution in [0.3, 0.4) is 0 Å². The summed E-state index contributed by atoms with van der Waals surface area (Å²) in [5, 5.41) is 3.38. The van der Waals surface area contributed by atoms with Gasteiger partial charge in [-0.05, 0) is 37.6 Å². The molecule has 1 atom stereocenters. The Bertz CT molecular complexity index is 500. The van der Waals surface area contributed by atoms with E-state index < -0.39 is 5.91 Å². The van der Waals surface area contributed by atoms with Crippen molar-refractivity contribution in [3.8, 4) is 0 Å². The number of hydrogen-bond donors (Lipinski definition) is 2. The van der Waals surface area contributed by atoms with E-state index in [1.807, 2.05) is 4.90 Å². The monoisotopic (exact) mass is 275 g/mol. The van der Waals surface area contributed by atoms with Gasteiger partial charge in [-0.2, -0.15) is 0 Å². The predicted molar refractivity (Wildman–Crippen MR) is 77.6 cm³/mol. The van der Waals surface area contributed by atoms with Crippen molar-refractivity contribution in [2.45, 2.75) is 25.8 Å². The Kier molecular flexibility index (Phi) is 4.74. The van der Waals surface area contributed by atoms with Gasteiger partial charge in [0, 0.05) is 30.3 Å². The van der Waals surface area contributed by atoms with Crippen LogP contribution in [-0.4, -0.2) is 42.4 Å². The molecule has 0 saturated carbocycles. The van der Waals surface area contributed by atoms with Crippen molar-refractivity contribution >= 4 is 11.8 Å². The summed E-state index contributed by atoms with van der Waals surface area (Å²) in [7, 11) is 0. The normalized spacial score (nSPS) is 18.9. The number of benzene rings is 1. The second-order valence-electron chi connectivity index (χ2n) is 5.09. The van der Waals surface area contributed by atoms with E-state index in [9.17, 15) is 9.59 Å². The Labute approximate surface area is 119 Å². The number of amides is 2. The van der Waals surface area contributed by atoms with Crippen LogP contribution in [0, 0.1) is 0 Å². The molecule has 108 valence electrons. The van der Waals surface area contributed by atoms with Crippen molar-refractivity contribution in [2.75, 3.05) is 19.6 Å². The highest BCUT2D eigenvalue weighted by atomic mass is 16.2. The van der Waals surface area contributed by atoms with E-state index in [2.05, 4.69) is 12.2 Å². The highest BCUT2D eigenvalue weighted by Crippen LogP contribution is 2.15. The standard InChI is InChI=1S/C15H21N3O2/c1-2-17-13-7-4-8-18(10-13)15(20)12-6-3-5-11(9-12)14(16)19/h3,5-6,9,13,17H,2,4,7-8,10H2,1H3,(H2,16,19). The minimum absolute atomic E-state index is 0.0318. The van der Waals surface area contributed by atoms with E-state index in [-0.39, 0.29) is 5.91 Å². The number of piperidine rings is 1. The van der Waals surface area contributed by atoms with Crippen molar-refractivity contribution in [3.63, 3.8) is 0 Å². The molecule has 1 aliphatic rings. The van der Waals surface area contributed by atoms with Gasteiger partial charge < -0.3 is 16.0 Å². The molecule has 0 aliphatic carbocycles. The molecule has 1 unspecified atom stereocenters. The molecular formula is C15H21N3O2. The van der Waals surface area contributed by atoms with Gasteiger partial charge in [0.05, 0.1) is 0 Å². The molecule has 1 aromatic rings. The Morgan fingerprint density at radius 2 is 2.15 bits per heavy atom. The van der Waals surface area contributed by atoms with Crippen LogP contribution < -0.4 is 11.1 Å². The molecule has 2 amide bonds. The SMILES string of the molecule is CCNC1CCCN(C(=O)c2cccc(C(N)=O)c2)C1. The van der Waals surface area contributed by atoms with Gasteiger partial charge in [0.15, 0.2) is 0 Å². The molecule has 1 fully saturated rings. The number of carbonyl (C=O) groups is 2. The van der Waals surface area contributed by atoms with Gasteiger partial charge in [-0.3, -0.25) is 9.59 Å². The zero-order chi connectivity index (χ0) is 14.5. The number of nitrogens with one attached hydrogen (secondary N) is 1. The third kappa shape index (κ3) is 3.36. The molecule has 0 radical (unpaired) electrons. The average Bonchev–Trinajstić information content (AvgIpc) is 2.47. The zero-order valence-corrected chi connectivity index (χ0v) is 11.8. The van der Waals surface area contributed by atoms with Crippen LogP contribution in [0.2, 0.25) is 0 Å². The van der Waals surface area contributed by atoms with E-state index in [0.29, 0.717) is 23.7 Å². The molecule has 2 rings (SSSR count). The third-order valence-electron chi connectivity index (χ3n) is 3.60. The second-order valence-corrected chi connectivity index (χ2v) is 5.09. The van der Waals surface area contributed by atoms with Gasteiger partial charge in [-0.1, -0.05) is 13.0 Å². The summed E-state index contributed by atoms with van der Waals surface area (Å²) >= 11 is 0. The van der Waals surface area contributed by atoms with Gasteiger partial charge in [-0.15, -0.1) is 0 Å². The number of likely N-dealkylation sites (N-methyl/N-ethyl adjacent to an activating group) is 1. The van der Waals surface area contributed by atoms with Crippen LogP contribution in [0.15, 0.2) is 24.3 Å². The average molecular weight is 275 g/mol. The Balaban J connectivity index is 2.10. The quantitative estimate of drug-likeness (QED) is 0.860. The first-order valence-corrected chi connectivity index (χ1v) is 7.04. The molecule has 0 bridgehead atoms. The zero-order valence-electron chi connectivity index (χ0n) is 11.8. The molecule has 1 aliphatic heterocycles. The maximum atomic E-state index is 12.5. The van der Waals surface area contributed by atoms with E-state index in [4.69, 9.17) is 5.73 Å². The summed E-state index contributed by atoms with van der Waals surface area (Å²) in [6.45, 7) is 4.45. The van der Waals surface area contributed by atoms with Crippen LogP contribution in [0.4, 0.5) is 0 Å². The summed E-state index contributed by atoms with van der Waals surface area (Å²) in [6, 6.07) is 6.97. The molecule has 1 aromatic carbocycles. The van der Waals surface area contributed by atoms with Gasteiger partial charge in [0.1, 0.15) is 0 Å². The fourth-order valence-electron chi connectivity index (χ4n) is 2.60. The van der Waals surface area contributed by atoms with Crippen molar-refractivity contribution in [1.82, 2.24) is 10.2 Å². The van der Waals surface area contributed by atoms with Gasteiger partial charge in [0.25, 0.3) is 5.91 Å². The summed E-state index contributed by atoms with van der Waals surface area (Å²) in [5.74, 6) is -0.542. The van der Waals surface area contributed by atoms with Crippen LogP contribution in [-0.2, 0) is 0 Å². The highest BCUT2D eigenvalue weighted by molar-refractivity contribution is 5.99. The topological polar surface area (TPSA) is 75.4 Å². The summed E-state index contributed by atoms with van der Waals surface area (Å²) in [4.78, 5) is 25.5. The fourth-order valence-corrected chi connectivity index (χ4v) is 2.60. The second kappa shape index (κ2) is 6.52. The largest absolute Gasteiger partial charge is 0.366 e. The molecule has 5 nitrogen and oxygen atoms in total. The number of rotatable bonds is 4. The number of nitrogens with zero attached hydrogens (tertiary/aromatic N) is 1. The van der Waals surface area contributed by atoms with E-state index in [0.717, 1.165) is 25.9 Å². The van der Waals surface area contributed by atoms with Crippen molar-refractivity contribution < 1.29 is 9.59 Å². The lowest BCUT2D eigenvalue weighted by Crippen LogP contribution is -2.48. The number of hydrogen-bond acceptors (Lipinski definition) is 3. The minimum atomic E-state index is -0.510. The Morgan fingerprint density at radius 3 is 2.85 bits per heavy atom. The van der Waals surface area contributed by atoms with Gasteiger partial charge in [0.2, 0.25) is 5.91 Å². The molecule has 0 aromatic heterocycles. The predicted octanol–water partition coefficient (Wildman–Crippen LogP) is 1.000. The van der Waals surface area contributed by atoms with Crippen molar-refractivity contribution in [2.24, 2.45) is 5.73 Å². The maximum Gasteiger partial charge on any atom is 0.253 e. The lowest BCUT2D eigenvalue weighted by molar-refractivity contribution is 0.0695. The number of nitrogens with two attached hydrogens (primary N) is 1. The van der Waals surface area contributed by atoms with Crippen LogP contribution in [0.1, 0.15) is 40.5 Å². The molecule has 0 spiro atoms. The minimum Gasteiger partial charge on any atom is -0.366 e. The van der Waals surface area contributed by atoms with Crippen LogP contribution in [0.5, 0.6) is 0 Å². The van der Waals surface area contributed by atoms with Crippen LogP contribution in [0.25, 0.3) is 0 Å². The first kappa shape index (κ1) is 14.5. The van der Waals surface area contributed by atoms with Crippen LogP contribution >= 0.6 is 0 Å². The van der Waals surface area contributed by atoms with E-state index >= 15 is 0 Å². The van der Waals surface area contributed by atoms with E-state index in [1.165, 1.54) is 0 Å². The molecule has 1 heterocycles. The molecule has 3 N–H and O–H groups in total. The lowest BCUT2D eigenvalue weighted by atomic mass is 10.0. The number of carbonyl (C=O) groups excluding carboxylic acids is 2. The molecular weight excluding hydrogens is 254 g/mol.